The molecule has 1 aromatic rings. The Balaban J connectivity index is 2.41. The SMILES string of the molecule is CCn1c(Br)nn(C2CSC2)c1=O. The van der Waals surface area contributed by atoms with Crippen LogP contribution in [0, 0.1) is 0 Å². The summed E-state index contributed by atoms with van der Waals surface area (Å²) in [7, 11) is 0. The molecule has 1 fully saturated rings. The molecule has 1 aliphatic rings. The van der Waals surface area contributed by atoms with Gasteiger partial charge in [0.15, 0.2) is 0 Å². The van der Waals surface area contributed by atoms with Gasteiger partial charge in [-0.05, 0) is 22.9 Å². The van der Waals surface area contributed by atoms with Crippen LogP contribution in [0.5, 0.6) is 0 Å². The quantitative estimate of drug-likeness (QED) is 0.803. The second-order valence-corrected chi connectivity index (χ2v) is 4.72. The first kappa shape index (κ1) is 9.33. The van der Waals surface area contributed by atoms with Gasteiger partial charge in [0.2, 0.25) is 4.73 Å². The van der Waals surface area contributed by atoms with E-state index in [0.29, 0.717) is 17.3 Å². The van der Waals surface area contributed by atoms with E-state index in [1.807, 2.05) is 18.7 Å². The largest absolute Gasteiger partial charge is 0.346 e. The first-order chi connectivity index (χ1) is 6.24. The molecule has 0 atom stereocenters. The molecule has 1 saturated heterocycles. The van der Waals surface area contributed by atoms with Crippen LogP contribution in [-0.2, 0) is 6.54 Å². The van der Waals surface area contributed by atoms with Gasteiger partial charge in [-0.3, -0.25) is 4.57 Å². The molecule has 6 heteroatoms. The minimum Gasteiger partial charge on any atom is -0.270 e. The third-order valence-electron chi connectivity index (χ3n) is 2.12. The maximum Gasteiger partial charge on any atom is 0.346 e. The lowest BCUT2D eigenvalue weighted by Gasteiger charge is -2.23. The molecule has 0 spiro atoms. The summed E-state index contributed by atoms with van der Waals surface area (Å²) in [6.45, 7) is 2.60. The Bertz CT molecular complexity index is 368. The third kappa shape index (κ3) is 1.46. The fourth-order valence-corrected chi connectivity index (χ4v) is 2.56. The lowest BCUT2D eigenvalue weighted by molar-refractivity contribution is 0.500. The van der Waals surface area contributed by atoms with Crippen molar-refractivity contribution in [3.8, 4) is 0 Å². The number of halogens is 1. The van der Waals surface area contributed by atoms with E-state index in [0.717, 1.165) is 11.5 Å². The minimum atomic E-state index is -0.000301. The van der Waals surface area contributed by atoms with E-state index in [4.69, 9.17) is 0 Å². The van der Waals surface area contributed by atoms with E-state index in [1.165, 1.54) is 0 Å². The number of aromatic nitrogens is 3. The highest BCUT2D eigenvalue weighted by Crippen LogP contribution is 2.27. The van der Waals surface area contributed by atoms with Crippen molar-refractivity contribution in [1.29, 1.82) is 0 Å². The zero-order chi connectivity index (χ0) is 9.42. The van der Waals surface area contributed by atoms with Crippen LogP contribution in [0.3, 0.4) is 0 Å². The summed E-state index contributed by atoms with van der Waals surface area (Å²) >= 11 is 5.12. The molecule has 72 valence electrons. The van der Waals surface area contributed by atoms with Crippen LogP contribution in [0.1, 0.15) is 13.0 Å². The van der Waals surface area contributed by atoms with Gasteiger partial charge in [0, 0.05) is 18.1 Å². The van der Waals surface area contributed by atoms with Crippen molar-refractivity contribution in [2.75, 3.05) is 11.5 Å². The Morgan fingerprint density at radius 3 is 2.77 bits per heavy atom. The number of hydrogen-bond acceptors (Lipinski definition) is 3. The number of thioether (sulfide) groups is 1. The van der Waals surface area contributed by atoms with Gasteiger partial charge in [0.25, 0.3) is 0 Å². The van der Waals surface area contributed by atoms with Gasteiger partial charge in [-0.1, -0.05) is 0 Å². The highest BCUT2D eigenvalue weighted by molar-refractivity contribution is 9.10. The zero-order valence-corrected chi connectivity index (χ0v) is 9.64. The van der Waals surface area contributed by atoms with E-state index in [2.05, 4.69) is 21.0 Å². The van der Waals surface area contributed by atoms with E-state index in [1.54, 1.807) is 9.25 Å². The first-order valence-electron chi connectivity index (χ1n) is 4.16. The number of nitrogens with zero attached hydrogens (tertiary/aromatic N) is 3. The Labute approximate surface area is 88.4 Å². The van der Waals surface area contributed by atoms with E-state index < -0.39 is 0 Å². The normalized spacial score (nSPS) is 17.4. The van der Waals surface area contributed by atoms with Crippen molar-refractivity contribution in [3.05, 3.63) is 15.2 Å². The molecule has 0 aliphatic carbocycles. The van der Waals surface area contributed by atoms with Crippen LogP contribution >= 0.6 is 27.7 Å². The van der Waals surface area contributed by atoms with Crippen molar-refractivity contribution < 1.29 is 0 Å². The van der Waals surface area contributed by atoms with Gasteiger partial charge in [0.05, 0.1) is 6.04 Å². The van der Waals surface area contributed by atoms with E-state index in [9.17, 15) is 4.79 Å². The van der Waals surface area contributed by atoms with Crippen molar-refractivity contribution in [2.45, 2.75) is 19.5 Å². The van der Waals surface area contributed by atoms with Crippen LogP contribution in [0.15, 0.2) is 9.53 Å². The fraction of sp³-hybridized carbons (Fsp3) is 0.714. The summed E-state index contributed by atoms with van der Waals surface area (Å²) in [6, 6.07) is 0.307. The molecule has 1 aliphatic heterocycles. The summed E-state index contributed by atoms with van der Waals surface area (Å²) < 4.78 is 3.85. The zero-order valence-electron chi connectivity index (χ0n) is 7.23. The second-order valence-electron chi connectivity index (χ2n) is 2.93. The van der Waals surface area contributed by atoms with Gasteiger partial charge in [0.1, 0.15) is 0 Å². The van der Waals surface area contributed by atoms with Crippen LogP contribution < -0.4 is 5.69 Å². The van der Waals surface area contributed by atoms with Gasteiger partial charge >= 0.3 is 5.69 Å². The lowest BCUT2D eigenvalue weighted by Crippen LogP contribution is -2.34. The monoisotopic (exact) mass is 263 g/mol. The molecule has 0 aromatic carbocycles. The molecule has 2 heterocycles. The predicted octanol–water partition coefficient (Wildman–Crippen LogP) is 1.12. The molecule has 1 aromatic heterocycles. The summed E-state index contributed by atoms with van der Waals surface area (Å²) in [5.74, 6) is 2.01. The molecule has 2 rings (SSSR count). The first-order valence-corrected chi connectivity index (χ1v) is 6.11. The molecule has 0 unspecified atom stereocenters. The summed E-state index contributed by atoms with van der Waals surface area (Å²) in [6.07, 6.45) is 0. The minimum absolute atomic E-state index is 0.000301. The van der Waals surface area contributed by atoms with Crippen LogP contribution in [-0.4, -0.2) is 25.9 Å². The van der Waals surface area contributed by atoms with Crippen molar-refractivity contribution in [3.63, 3.8) is 0 Å². The standard InChI is InChI=1S/C7H10BrN3OS/c1-2-10-6(8)9-11(7(10)12)5-3-13-4-5/h5H,2-4H2,1H3. The maximum atomic E-state index is 11.7. The summed E-state index contributed by atoms with van der Waals surface area (Å²) in [5, 5.41) is 4.17. The van der Waals surface area contributed by atoms with Crippen LogP contribution in [0.2, 0.25) is 0 Å². The average Bonchev–Trinajstić information content (AvgIpc) is 2.25. The Hall–Kier alpha value is -0.230. The van der Waals surface area contributed by atoms with Gasteiger partial charge in [-0.2, -0.15) is 11.8 Å². The molecule has 0 radical (unpaired) electrons. The van der Waals surface area contributed by atoms with Crippen LogP contribution in [0.25, 0.3) is 0 Å². The summed E-state index contributed by atoms with van der Waals surface area (Å²) in [5.41, 5.74) is -0.000301. The highest BCUT2D eigenvalue weighted by atomic mass is 79.9. The predicted molar refractivity (Wildman–Crippen MR) is 56.2 cm³/mol. The molecule has 13 heavy (non-hydrogen) atoms. The number of rotatable bonds is 2. The highest BCUT2D eigenvalue weighted by Gasteiger charge is 2.24. The molecular weight excluding hydrogens is 254 g/mol. The Morgan fingerprint density at radius 1 is 1.69 bits per heavy atom. The van der Waals surface area contributed by atoms with Crippen molar-refractivity contribution in [2.24, 2.45) is 0 Å². The Kier molecular flexibility index (Phi) is 2.51. The van der Waals surface area contributed by atoms with Crippen molar-refractivity contribution >= 4 is 27.7 Å². The molecular formula is C7H10BrN3OS. The van der Waals surface area contributed by atoms with Crippen LogP contribution in [0.4, 0.5) is 0 Å². The van der Waals surface area contributed by atoms with E-state index >= 15 is 0 Å². The van der Waals surface area contributed by atoms with E-state index in [-0.39, 0.29) is 5.69 Å². The van der Waals surface area contributed by atoms with Gasteiger partial charge in [-0.25, -0.2) is 9.48 Å². The second kappa shape index (κ2) is 3.49. The molecule has 0 bridgehead atoms. The summed E-state index contributed by atoms with van der Waals surface area (Å²) in [4.78, 5) is 11.7. The van der Waals surface area contributed by atoms with Crippen molar-refractivity contribution in [1.82, 2.24) is 14.3 Å². The maximum absolute atomic E-state index is 11.7. The molecule has 0 amide bonds. The van der Waals surface area contributed by atoms with Gasteiger partial charge < -0.3 is 0 Å². The smallest absolute Gasteiger partial charge is 0.270 e. The average molecular weight is 264 g/mol. The lowest BCUT2D eigenvalue weighted by atomic mass is 10.4. The molecule has 0 N–H and O–H groups in total. The topological polar surface area (TPSA) is 39.8 Å². The fourth-order valence-electron chi connectivity index (χ4n) is 1.26. The third-order valence-corrected chi connectivity index (χ3v) is 3.95. The molecule has 4 nitrogen and oxygen atoms in total. The molecule has 0 saturated carbocycles. The van der Waals surface area contributed by atoms with Gasteiger partial charge in [-0.15, -0.1) is 5.10 Å². The Morgan fingerprint density at radius 2 is 2.38 bits per heavy atom. The number of hydrogen-bond donors (Lipinski definition) is 0.